The molecule has 1 atom stereocenters. The predicted molar refractivity (Wildman–Crippen MR) is 108 cm³/mol. The lowest BCUT2D eigenvalue weighted by Crippen LogP contribution is -2.40. The number of benzene rings is 2. The summed E-state index contributed by atoms with van der Waals surface area (Å²) in [6.45, 7) is 5.16. The molecule has 1 aliphatic rings. The first-order chi connectivity index (χ1) is 13.7. The van der Waals surface area contributed by atoms with Crippen LogP contribution in [0.1, 0.15) is 44.2 Å². The second-order valence-electron chi connectivity index (χ2n) is 8.09. The Kier molecular flexibility index (Phi) is 5.84. The Bertz CT molecular complexity index is 899. The van der Waals surface area contributed by atoms with Crippen molar-refractivity contribution < 1.29 is 23.9 Å². The minimum atomic E-state index is -1.29. The highest BCUT2D eigenvalue weighted by molar-refractivity contribution is 6.36. The molecular weight excluding hydrogens is 370 g/mol. The third-order valence-electron chi connectivity index (χ3n) is 4.69. The molecule has 6 nitrogen and oxygen atoms in total. The van der Waals surface area contributed by atoms with Gasteiger partial charge >= 0.3 is 11.9 Å². The van der Waals surface area contributed by atoms with E-state index in [1.54, 1.807) is 20.8 Å². The zero-order chi connectivity index (χ0) is 21.2. The van der Waals surface area contributed by atoms with Crippen LogP contribution in [0.25, 0.3) is 11.1 Å². The van der Waals surface area contributed by atoms with Crippen LogP contribution in [0.15, 0.2) is 48.5 Å². The monoisotopic (exact) mass is 395 g/mol. The van der Waals surface area contributed by atoms with E-state index in [0.29, 0.717) is 0 Å². The summed E-state index contributed by atoms with van der Waals surface area (Å²) in [4.78, 5) is 36.3. The highest BCUT2D eigenvalue weighted by Gasteiger charge is 2.32. The summed E-state index contributed by atoms with van der Waals surface area (Å²) in [6, 6.07) is 14.5. The van der Waals surface area contributed by atoms with Crippen LogP contribution in [0, 0.1) is 0 Å². The fraction of sp³-hybridized carbons (Fsp3) is 0.348. The fourth-order valence-corrected chi connectivity index (χ4v) is 3.48. The van der Waals surface area contributed by atoms with Crippen LogP contribution in [0.5, 0.6) is 0 Å². The van der Waals surface area contributed by atoms with Gasteiger partial charge in [-0.2, -0.15) is 0 Å². The van der Waals surface area contributed by atoms with Gasteiger partial charge in [-0.05, 0) is 43.0 Å². The van der Waals surface area contributed by atoms with E-state index in [1.807, 2.05) is 48.5 Å². The van der Waals surface area contributed by atoms with E-state index in [0.717, 1.165) is 22.3 Å². The van der Waals surface area contributed by atoms with Crippen molar-refractivity contribution in [2.75, 3.05) is 6.61 Å². The minimum Gasteiger partial charge on any atom is -0.460 e. The van der Waals surface area contributed by atoms with Gasteiger partial charge in [0, 0.05) is 5.92 Å². The maximum absolute atomic E-state index is 12.2. The molecule has 0 spiro atoms. The molecule has 1 aliphatic carbocycles. The van der Waals surface area contributed by atoms with E-state index in [9.17, 15) is 14.4 Å². The molecular formula is C23H25NO5. The van der Waals surface area contributed by atoms with E-state index >= 15 is 0 Å². The van der Waals surface area contributed by atoms with E-state index in [4.69, 9.17) is 15.2 Å². The van der Waals surface area contributed by atoms with Gasteiger partial charge in [0.15, 0.2) is 0 Å². The molecule has 2 aromatic rings. The molecule has 0 fully saturated rings. The zero-order valence-electron chi connectivity index (χ0n) is 16.8. The van der Waals surface area contributed by atoms with Crippen LogP contribution in [0.4, 0.5) is 0 Å². The lowest BCUT2D eigenvalue weighted by Gasteiger charge is -2.20. The van der Waals surface area contributed by atoms with Crippen LogP contribution < -0.4 is 5.73 Å². The summed E-state index contributed by atoms with van der Waals surface area (Å²) in [6.07, 6.45) is -0.375. The van der Waals surface area contributed by atoms with Crippen LogP contribution in [0.3, 0.4) is 0 Å². The summed E-state index contributed by atoms with van der Waals surface area (Å²) in [5.74, 6) is -2.76. The number of ketones is 1. The molecule has 0 unspecified atom stereocenters. The Hall–Kier alpha value is -2.99. The van der Waals surface area contributed by atoms with Crippen molar-refractivity contribution >= 4 is 17.7 Å². The van der Waals surface area contributed by atoms with Gasteiger partial charge < -0.3 is 15.2 Å². The van der Waals surface area contributed by atoms with Crippen molar-refractivity contribution in [1.82, 2.24) is 0 Å². The van der Waals surface area contributed by atoms with Crippen molar-refractivity contribution in [3.63, 3.8) is 0 Å². The van der Waals surface area contributed by atoms with E-state index in [-0.39, 0.29) is 18.9 Å². The Labute approximate surface area is 170 Å². The van der Waals surface area contributed by atoms with Crippen molar-refractivity contribution in [1.29, 1.82) is 0 Å². The van der Waals surface area contributed by atoms with Crippen LogP contribution in [-0.2, 0) is 23.9 Å². The standard InChI is InChI=1S/C23H25NO5/c1-23(2,3)29-20(25)12-19(24)21(26)22(27)28-13-18-16-10-6-4-8-14(16)15-9-5-7-11-17(15)18/h4-11,18-19H,12-13,24H2,1-3H3/t19-/m0/s1. The number of esters is 2. The fourth-order valence-electron chi connectivity index (χ4n) is 3.48. The maximum Gasteiger partial charge on any atom is 0.376 e. The zero-order valence-corrected chi connectivity index (χ0v) is 16.8. The number of hydrogen-bond donors (Lipinski definition) is 1. The van der Waals surface area contributed by atoms with Crippen molar-refractivity contribution in [3.8, 4) is 11.1 Å². The lowest BCUT2D eigenvalue weighted by molar-refractivity contribution is -0.158. The van der Waals surface area contributed by atoms with Gasteiger partial charge in [-0.25, -0.2) is 4.79 Å². The molecule has 152 valence electrons. The number of hydrogen-bond acceptors (Lipinski definition) is 6. The quantitative estimate of drug-likeness (QED) is 0.597. The van der Waals surface area contributed by atoms with Gasteiger partial charge in [0.05, 0.1) is 12.5 Å². The topological polar surface area (TPSA) is 95.7 Å². The Balaban J connectivity index is 1.63. The Morgan fingerprint density at radius 1 is 0.966 bits per heavy atom. The van der Waals surface area contributed by atoms with Gasteiger partial charge in [0.1, 0.15) is 12.2 Å². The normalized spacial score (nSPS) is 13.9. The summed E-state index contributed by atoms with van der Waals surface area (Å²) in [7, 11) is 0. The molecule has 0 aliphatic heterocycles. The molecule has 0 saturated heterocycles. The van der Waals surface area contributed by atoms with Crippen LogP contribution >= 0.6 is 0 Å². The number of fused-ring (bicyclic) bond motifs is 3. The summed E-state index contributed by atoms with van der Waals surface area (Å²) in [5.41, 5.74) is 9.32. The van der Waals surface area contributed by atoms with E-state index in [2.05, 4.69) is 0 Å². The third-order valence-corrected chi connectivity index (χ3v) is 4.69. The number of rotatable bonds is 6. The second-order valence-corrected chi connectivity index (χ2v) is 8.09. The van der Waals surface area contributed by atoms with Crippen molar-refractivity contribution in [2.45, 2.75) is 44.8 Å². The third kappa shape index (κ3) is 4.71. The summed E-state index contributed by atoms with van der Waals surface area (Å²) in [5, 5.41) is 0. The minimum absolute atomic E-state index is 0.0256. The first kappa shape index (κ1) is 20.7. The second kappa shape index (κ2) is 8.17. The first-order valence-electron chi connectivity index (χ1n) is 9.54. The number of carbonyl (C=O) groups excluding carboxylic acids is 3. The highest BCUT2D eigenvalue weighted by Crippen LogP contribution is 2.44. The Morgan fingerprint density at radius 2 is 1.48 bits per heavy atom. The number of nitrogens with two attached hydrogens (primary N) is 1. The molecule has 0 heterocycles. The van der Waals surface area contributed by atoms with Crippen molar-refractivity contribution in [3.05, 3.63) is 59.7 Å². The average Bonchev–Trinajstić information content (AvgIpc) is 2.98. The first-order valence-corrected chi connectivity index (χ1v) is 9.54. The average molecular weight is 395 g/mol. The highest BCUT2D eigenvalue weighted by atomic mass is 16.6. The molecule has 0 bridgehead atoms. The largest absolute Gasteiger partial charge is 0.460 e. The molecule has 2 N–H and O–H groups in total. The van der Waals surface area contributed by atoms with Crippen LogP contribution in [-0.4, -0.2) is 36.0 Å². The van der Waals surface area contributed by atoms with E-state index < -0.39 is 29.4 Å². The number of Topliss-reactive ketones (excluding diaryl/α,β-unsaturated/α-hetero) is 1. The van der Waals surface area contributed by atoms with Crippen molar-refractivity contribution in [2.24, 2.45) is 5.73 Å². The summed E-state index contributed by atoms with van der Waals surface area (Å²) >= 11 is 0. The molecule has 0 amide bonds. The number of carbonyl (C=O) groups is 3. The smallest absolute Gasteiger partial charge is 0.376 e. The summed E-state index contributed by atoms with van der Waals surface area (Å²) < 4.78 is 10.4. The maximum atomic E-state index is 12.2. The predicted octanol–water partition coefficient (Wildman–Crippen LogP) is 2.97. The van der Waals surface area contributed by atoms with Crippen LogP contribution in [0.2, 0.25) is 0 Å². The molecule has 2 aromatic carbocycles. The van der Waals surface area contributed by atoms with Gasteiger partial charge in [0.2, 0.25) is 0 Å². The number of ether oxygens (including phenoxy) is 2. The van der Waals surface area contributed by atoms with Gasteiger partial charge in [-0.1, -0.05) is 48.5 Å². The molecule has 0 saturated carbocycles. The Morgan fingerprint density at radius 3 is 2.00 bits per heavy atom. The van der Waals surface area contributed by atoms with Gasteiger partial charge in [0.25, 0.3) is 5.78 Å². The molecule has 6 heteroatoms. The molecule has 0 radical (unpaired) electrons. The molecule has 0 aromatic heterocycles. The van der Waals surface area contributed by atoms with Gasteiger partial charge in [-0.3, -0.25) is 9.59 Å². The molecule has 3 rings (SSSR count). The lowest BCUT2D eigenvalue weighted by atomic mass is 9.98. The SMILES string of the molecule is CC(C)(C)OC(=O)C[C@H](N)C(=O)C(=O)OCC1c2ccccc2-c2ccccc21. The molecule has 29 heavy (non-hydrogen) atoms. The van der Waals surface area contributed by atoms with Gasteiger partial charge in [-0.15, -0.1) is 0 Å². The van der Waals surface area contributed by atoms with E-state index in [1.165, 1.54) is 0 Å².